The Balaban J connectivity index is 0.00000341. The second kappa shape index (κ2) is 14.3. The van der Waals surface area contributed by atoms with E-state index < -0.39 is 0 Å². The van der Waals surface area contributed by atoms with Gasteiger partial charge in [0.25, 0.3) is 0 Å². The van der Waals surface area contributed by atoms with Crippen LogP contribution in [0.1, 0.15) is 29.5 Å². The highest BCUT2D eigenvalue weighted by Crippen LogP contribution is 2.14. The Kier molecular flexibility index (Phi) is 11.7. The predicted molar refractivity (Wildman–Crippen MR) is 135 cm³/mol. The van der Waals surface area contributed by atoms with Crippen molar-refractivity contribution >= 4 is 29.9 Å². The van der Waals surface area contributed by atoms with Gasteiger partial charge in [0.1, 0.15) is 12.4 Å². The van der Waals surface area contributed by atoms with Gasteiger partial charge in [-0.15, -0.1) is 24.0 Å². The van der Waals surface area contributed by atoms with Crippen molar-refractivity contribution in [1.82, 2.24) is 10.6 Å². The largest absolute Gasteiger partial charge is 0.492 e. The van der Waals surface area contributed by atoms with Gasteiger partial charge in [-0.25, -0.2) is 0 Å². The molecule has 0 radical (unpaired) electrons. The second-order valence-corrected chi connectivity index (χ2v) is 7.46. The maximum absolute atomic E-state index is 6.03. The fourth-order valence-corrected chi connectivity index (χ4v) is 3.27. The van der Waals surface area contributed by atoms with Gasteiger partial charge < -0.3 is 24.8 Å². The van der Waals surface area contributed by atoms with E-state index in [-0.39, 0.29) is 24.0 Å². The van der Waals surface area contributed by atoms with Crippen LogP contribution in [-0.4, -0.2) is 45.5 Å². The predicted octanol–water partition coefficient (Wildman–Crippen LogP) is 4.05. The number of hydrogen-bond donors (Lipinski definition) is 2. The molecule has 0 atom stereocenters. The topological polar surface area (TPSA) is 64.1 Å². The van der Waals surface area contributed by atoms with Gasteiger partial charge >= 0.3 is 0 Å². The average Bonchev–Trinajstić information content (AvgIpc) is 2.79. The molecule has 0 unspecified atom stereocenters. The van der Waals surface area contributed by atoms with E-state index in [1.165, 1.54) is 16.7 Å². The molecule has 2 N–H and O–H groups in total. The summed E-state index contributed by atoms with van der Waals surface area (Å²) in [6.45, 7) is 6.25. The molecule has 0 spiro atoms. The average molecular weight is 539 g/mol. The lowest BCUT2D eigenvalue weighted by atomic mass is 10.1. The third-order valence-electron chi connectivity index (χ3n) is 5.01. The fraction of sp³-hybridized carbons (Fsp3) is 0.458. The Morgan fingerprint density at radius 2 is 1.81 bits per heavy atom. The molecule has 0 aliphatic carbocycles. The maximum atomic E-state index is 6.03. The van der Waals surface area contributed by atoms with E-state index >= 15 is 0 Å². The van der Waals surface area contributed by atoms with Gasteiger partial charge in [-0.1, -0.05) is 42.0 Å². The van der Waals surface area contributed by atoms with Gasteiger partial charge in [-0.05, 0) is 43.0 Å². The van der Waals surface area contributed by atoms with Gasteiger partial charge in [0.2, 0.25) is 0 Å². The number of guanidine groups is 1. The third-order valence-corrected chi connectivity index (χ3v) is 5.01. The highest BCUT2D eigenvalue weighted by Gasteiger charge is 2.14. The second-order valence-electron chi connectivity index (χ2n) is 7.46. The van der Waals surface area contributed by atoms with Crippen LogP contribution in [0, 0.1) is 6.92 Å². The SMILES string of the molecule is CN=C(NCCOc1ccc(C)cc1)NCc1cccc(COC2CCOCC2)c1.I. The highest BCUT2D eigenvalue weighted by molar-refractivity contribution is 14.0. The Labute approximate surface area is 202 Å². The van der Waals surface area contributed by atoms with Crippen molar-refractivity contribution in [3.63, 3.8) is 0 Å². The molecule has 31 heavy (non-hydrogen) atoms. The summed E-state index contributed by atoms with van der Waals surface area (Å²) in [5, 5.41) is 6.63. The van der Waals surface area contributed by atoms with Gasteiger partial charge in [0.15, 0.2) is 5.96 Å². The van der Waals surface area contributed by atoms with Crippen LogP contribution in [-0.2, 0) is 22.6 Å². The standard InChI is InChI=1S/C24H33N3O3.HI/c1-19-6-8-22(9-7-19)29-15-12-26-24(25-2)27-17-20-4-3-5-21(16-20)18-30-23-10-13-28-14-11-23;/h3-9,16,23H,10-15,17-18H2,1-2H3,(H2,25,26,27);1H. The molecule has 2 aromatic carbocycles. The van der Waals surface area contributed by atoms with Crippen LogP contribution >= 0.6 is 24.0 Å². The monoisotopic (exact) mass is 539 g/mol. The van der Waals surface area contributed by atoms with Crippen LogP contribution in [0.5, 0.6) is 5.75 Å². The summed E-state index contributed by atoms with van der Waals surface area (Å²) in [4.78, 5) is 4.28. The first-order chi connectivity index (χ1) is 14.7. The van der Waals surface area contributed by atoms with E-state index in [2.05, 4.69) is 46.8 Å². The van der Waals surface area contributed by atoms with Crippen molar-refractivity contribution in [2.45, 2.75) is 39.0 Å². The molecule has 2 aromatic rings. The minimum atomic E-state index is 0. The van der Waals surface area contributed by atoms with Crippen LogP contribution in [0.15, 0.2) is 53.5 Å². The molecule has 1 aliphatic rings. The number of rotatable bonds is 9. The van der Waals surface area contributed by atoms with Crippen LogP contribution in [0.2, 0.25) is 0 Å². The minimum Gasteiger partial charge on any atom is -0.492 e. The molecular formula is C24H34IN3O3. The molecule has 0 bridgehead atoms. The highest BCUT2D eigenvalue weighted by atomic mass is 127. The first-order valence-corrected chi connectivity index (χ1v) is 10.6. The van der Waals surface area contributed by atoms with Crippen LogP contribution < -0.4 is 15.4 Å². The summed E-state index contributed by atoms with van der Waals surface area (Å²) < 4.78 is 17.2. The number of halogens is 1. The van der Waals surface area contributed by atoms with Crippen LogP contribution in [0.25, 0.3) is 0 Å². The Morgan fingerprint density at radius 1 is 1.06 bits per heavy atom. The number of aliphatic imine (C=N–C) groups is 1. The molecule has 1 fully saturated rings. The molecule has 0 saturated carbocycles. The van der Waals surface area contributed by atoms with Gasteiger partial charge in [0.05, 0.1) is 19.3 Å². The third kappa shape index (κ3) is 9.45. The normalized spacial score (nSPS) is 14.6. The lowest BCUT2D eigenvalue weighted by Crippen LogP contribution is -2.38. The van der Waals surface area contributed by atoms with E-state index in [4.69, 9.17) is 14.2 Å². The van der Waals surface area contributed by atoms with Crippen LogP contribution in [0.3, 0.4) is 0 Å². The Hall–Kier alpha value is -1.84. The van der Waals surface area contributed by atoms with E-state index in [1.54, 1.807) is 7.05 Å². The van der Waals surface area contributed by atoms with E-state index in [1.807, 2.05) is 24.3 Å². The zero-order valence-electron chi connectivity index (χ0n) is 18.4. The van der Waals surface area contributed by atoms with Crippen LogP contribution in [0.4, 0.5) is 0 Å². The van der Waals surface area contributed by atoms with Crippen molar-refractivity contribution in [3.8, 4) is 5.75 Å². The van der Waals surface area contributed by atoms with Gasteiger partial charge in [-0.2, -0.15) is 0 Å². The molecule has 0 amide bonds. The molecule has 170 valence electrons. The lowest BCUT2D eigenvalue weighted by molar-refractivity contribution is -0.0390. The number of nitrogens with one attached hydrogen (secondary N) is 2. The van der Waals surface area contributed by atoms with Crippen molar-refractivity contribution in [3.05, 3.63) is 65.2 Å². The van der Waals surface area contributed by atoms with Crippen molar-refractivity contribution in [2.24, 2.45) is 4.99 Å². The summed E-state index contributed by atoms with van der Waals surface area (Å²) in [6, 6.07) is 16.5. The van der Waals surface area contributed by atoms with Gasteiger partial charge in [-0.3, -0.25) is 4.99 Å². The minimum absolute atomic E-state index is 0. The first-order valence-electron chi connectivity index (χ1n) is 10.6. The fourth-order valence-electron chi connectivity index (χ4n) is 3.27. The molecule has 6 nitrogen and oxygen atoms in total. The van der Waals surface area contributed by atoms with E-state index in [0.29, 0.717) is 32.4 Å². The number of hydrogen-bond acceptors (Lipinski definition) is 4. The zero-order valence-corrected chi connectivity index (χ0v) is 20.8. The molecule has 1 heterocycles. The number of benzene rings is 2. The smallest absolute Gasteiger partial charge is 0.191 e. The summed E-state index contributed by atoms with van der Waals surface area (Å²) in [7, 11) is 1.77. The number of ether oxygens (including phenoxy) is 3. The number of aryl methyl sites for hydroxylation is 1. The Bertz CT molecular complexity index is 793. The summed E-state index contributed by atoms with van der Waals surface area (Å²) >= 11 is 0. The quantitative estimate of drug-likeness (QED) is 0.218. The van der Waals surface area contributed by atoms with E-state index in [9.17, 15) is 0 Å². The summed E-state index contributed by atoms with van der Waals surface area (Å²) in [6.07, 6.45) is 2.28. The van der Waals surface area contributed by atoms with Gasteiger partial charge in [0, 0.05) is 26.8 Å². The molecule has 1 saturated heterocycles. The molecule has 0 aromatic heterocycles. The summed E-state index contributed by atoms with van der Waals surface area (Å²) in [5.41, 5.74) is 3.61. The molecular weight excluding hydrogens is 505 g/mol. The van der Waals surface area contributed by atoms with Crippen molar-refractivity contribution in [2.75, 3.05) is 33.4 Å². The maximum Gasteiger partial charge on any atom is 0.191 e. The Morgan fingerprint density at radius 3 is 2.55 bits per heavy atom. The number of nitrogens with zero attached hydrogens (tertiary/aromatic N) is 1. The molecule has 1 aliphatic heterocycles. The molecule has 7 heteroatoms. The van der Waals surface area contributed by atoms with Crippen molar-refractivity contribution < 1.29 is 14.2 Å². The van der Waals surface area contributed by atoms with Crippen molar-refractivity contribution in [1.29, 1.82) is 0 Å². The summed E-state index contributed by atoms with van der Waals surface area (Å²) in [5.74, 6) is 1.64. The van der Waals surface area contributed by atoms with E-state index in [0.717, 1.165) is 37.8 Å². The first kappa shape index (κ1) is 25.4. The lowest BCUT2D eigenvalue weighted by Gasteiger charge is -2.22. The zero-order chi connectivity index (χ0) is 21.0. The molecule has 3 rings (SSSR count).